The average molecular weight is 333 g/mol. The first-order chi connectivity index (χ1) is 8.61. The van der Waals surface area contributed by atoms with Crippen LogP contribution in [0.1, 0.15) is 24.3 Å². The fourth-order valence-electron chi connectivity index (χ4n) is 1.79. The molecule has 0 aliphatic rings. The topological polar surface area (TPSA) is 25.2 Å². The van der Waals surface area contributed by atoms with E-state index in [2.05, 4.69) is 21.2 Å². The molecule has 2 nitrogen and oxygen atoms in total. The minimum atomic E-state index is -0.317. The molecular weight excluding hydrogens is 321 g/mol. The zero-order valence-electron chi connectivity index (χ0n) is 9.71. The maximum absolute atomic E-state index is 13.3. The number of nitrogens with one attached hydrogen (secondary N) is 1. The van der Waals surface area contributed by atoms with Crippen LogP contribution in [0.15, 0.2) is 39.4 Å². The van der Waals surface area contributed by atoms with Gasteiger partial charge in [-0.15, -0.1) is 0 Å². The Morgan fingerprint density at radius 3 is 2.78 bits per heavy atom. The van der Waals surface area contributed by atoms with Gasteiger partial charge in [-0.1, -0.05) is 18.5 Å². The first kappa shape index (κ1) is 13.6. The summed E-state index contributed by atoms with van der Waals surface area (Å²) in [4.78, 5) is 0. The van der Waals surface area contributed by atoms with Gasteiger partial charge in [0.25, 0.3) is 0 Å². The van der Waals surface area contributed by atoms with Crippen molar-refractivity contribution in [3.63, 3.8) is 0 Å². The van der Waals surface area contributed by atoms with Gasteiger partial charge in [0.2, 0.25) is 0 Å². The molecule has 1 N–H and O–H groups in total. The van der Waals surface area contributed by atoms with E-state index in [1.807, 2.05) is 13.0 Å². The lowest BCUT2D eigenvalue weighted by molar-refractivity contribution is 0.436. The Kier molecular flexibility index (Phi) is 4.43. The van der Waals surface area contributed by atoms with E-state index in [1.54, 1.807) is 12.1 Å². The van der Waals surface area contributed by atoms with Crippen molar-refractivity contribution >= 4 is 27.5 Å². The van der Waals surface area contributed by atoms with E-state index >= 15 is 0 Å². The third-order valence-corrected chi connectivity index (χ3v) is 3.33. The van der Waals surface area contributed by atoms with E-state index in [-0.39, 0.29) is 11.9 Å². The maximum Gasteiger partial charge on any atom is 0.169 e. The second-order valence-corrected chi connectivity index (χ2v) is 4.99. The summed E-state index contributed by atoms with van der Waals surface area (Å²) in [5.74, 6) is 0.374. The van der Waals surface area contributed by atoms with E-state index in [4.69, 9.17) is 16.0 Å². The van der Waals surface area contributed by atoms with Gasteiger partial charge in [0.05, 0.1) is 6.04 Å². The average Bonchev–Trinajstić information content (AvgIpc) is 2.76. The van der Waals surface area contributed by atoms with Crippen LogP contribution in [0.25, 0.3) is 0 Å². The molecule has 1 heterocycles. The Bertz CT molecular complexity index is 544. The number of hydrogen-bond donors (Lipinski definition) is 1. The van der Waals surface area contributed by atoms with Crippen LogP contribution in [0, 0.1) is 5.82 Å². The van der Waals surface area contributed by atoms with Crippen molar-refractivity contribution in [2.24, 2.45) is 0 Å². The van der Waals surface area contributed by atoms with Crippen LogP contribution in [-0.4, -0.2) is 6.54 Å². The van der Waals surface area contributed by atoms with Gasteiger partial charge in [-0.3, -0.25) is 0 Å². The van der Waals surface area contributed by atoms with Crippen molar-refractivity contribution in [3.05, 3.63) is 57.2 Å². The summed E-state index contributed by atoms with van der Waals surface area (Å²) in [5, 5.41) is 3.74. The lowest BCUT2D eigenvalue weighted by Gasteiger charge is -2.17. The van der Waals surface area contributed by atoms with Crippen molar-refractivity contribution in [1.29, 1.82) is 0 Å². The molecule has 0 bridgehead atoms. The van der Waals surface area contributed by atoms with Gasteiger partial charge in [0.1, 0.15) is 11.6 Å². The van der Waals surface area contributed by atoms with Crippen molar-refractivity contribution in [1.82, 2.24) is 5.32 Å². The summed E-state index contributed by atoms with van der Waals surface area (Å²) in [6, 6.07) is 7.68. The molecule has 0 saturated heterocycles. The minimum Gasteiger partial charge on any atom is -0.452 e. The number of furan rings is 1. The maximum atomic E-state index is 13.3. The Labute approximate surface area is 118 Å². The molecular formula is C13H12BrClFNO. The van der Waals surface area contributed by atoms with Gasteiger partial charge in [0, 0.05) is 5.02 Å². The van der Waals surface area contributed by atoms with Gasteiger partial charge >= 0.3 is 0 Å². The molecule has 0 fully saturated rings. The highest BCUT2D eigenvalue weighted by atomic mass is 79.9. The zero-order chi connectivity index (χ0) is 13.1. The predicted octanol–water partition coefficient (Wildman–Crippen LogP) is 4.53. The molecule has 96 valence electrons. The van der Waals surface area contributed by atoms with Crippen LogP contribution < -0.4 is 5.32 Å². The van der Waals surface area contributed by atoms with Gasteiger partial charge < -0.3 is 9.73 Å². The van der Waals surface area contributed by atoms with Crippen molar-refractivity contribution in [2.75, 3.05) is 6.54 Å². The lowest BCUT2D eigenvalue weighted by atomic mass is 10.0. The second kappa shape index (κ2) is 5.87. The Morgan fingerprint density at radius 1 is 1.39 bits per heavy atom. The number of rotatable bonds is 4. The van der Waals surface area contributed by atoms with E-state index < -0.39 is 0 Å². The summed E-state index contributed by atoms with van der Waals surface area (Å²) < 4.78 is 19.5. The fourth-order valence-corrected chi connectivity index (χ4v) is 2.33. The molecule has 1 aromatic heterocycles. The van der Waals surface area contributed by atoms with Crippen LogP contribution in [0.3, 0.4) is 0 Å². The highest BCUT2D eigenvalue weighted by Gasteiger charge is 2.20. The van der Waals surface area contributed by atoms with Gasteiger partial charge in [-0.25, -0.2) is 4.39 Å². The summed E-state index contributed by atoms with van der Waals surface area (Å²) >= 11 is 9.38. The largest absolute Gasteiger partial charge is 0.452 e. The molecule has 1 aromatic carbocycles. The van der Waals surface area contributed by atoms with Gasteiger partial charge in [0.15, 0.2) is 4.67 Å². The Morgan fingerprint density at radius 2 is 2.17 bits per heavy atom. The molecule has 2 rings (SSSR count). The zero-order valence-corrected chi connectivity index (χ0v) is 12.1. The molecule has 0 aliphatic carbocycles. The molecule has 0 aliphatic heterocycles. The van der Waals surface area contributed by atoms with E-state index in [1.165, 1.54) is 12.1 Å². The Hall–Kier alpha value is -0.840. The summed E-state index contributed by atoms with van der Waals surface area (Å²) in [6.45, 7) is 2.69. The van der Waals surface area contributed by atoms with E-state index in [0.717, 1.165) is 6.54 Å². The normalized spacial score (nSPS) is 12.7. The van der Waals surface area contributed by atoms with Crippen molar-refractivity contribution < 1.29 is 8.81 Å². The highest BCUT2D eigenvalue weighted by Crippen LogP contribution is 2.31. The third kappa shape index (κ3) is 2.94. The van der Waals surface area contributed by atoms with Crippen molar-refractivity contribution in [3.8, 4) is 0 Å². The van der Waals surface area contributed by atoms with Gasteiger partial charge in [-0.05, 0) is 58.4 Å². The van der Waals surface area contributed by atoms with E-state index in [0.29, 0.717) is 21.0 Å². The molecule has 1 atom stereocenters. The summed E-state index contributed by atoms with van der Waals surface area (Å²) in [5.41, 5.74) is 0.667. The standard InChI is InChI=1S/C13H12BrClFNO/c1-2-17-13(11-5-6-12(14)18-11)9-7-8(16)3-4-10(9)15/h3-7,13,17H,2H2,1H3. The first-order valence-electron chi connectivity index (χ1n) is 5.55. The molecule has 2 aromatic rings. The molecule has 5 heteroatoms. The molecule has 0 amide bonds. The molecule has 1 unspecified atom stereocenters. The molecule has 0 saturated carbocycles. The first-order valence-corrected chi connectivity index (χ1v) is 6.72. The highest BCUT2D eigenvalue weighted by molar-refractivity contribution is 9.10. The third-order valence-electron chi connectivity index (χ3n) is 2.56. The number of benzene rings is 1. The monoisotopic (exact) mass is 331 g/mol. The quantitative estimate of drug-likeness (QED) is 0.889. The number of halogens is 3. The van der Waals surface area contributed by atoms with Crippen LogP contribution in [0.2, 0.25) is 5.02 Å². The second-order valence-electron chi connectivity index (χ2n) is 3.80. The molecule has 0 spiro atoms. The van der Waals surface area contributed by atoms with Crippen LogP contribution in [0.4, 0.5) is 4.39 Å². The predicted molar refractivity (Wildman–Crippen MR) is 73.3 cm³/mol. The molecule has 18 heavy (non-hydrogen) atoms. The van der Waals surface area contributed by atoms with Crippen molar-refractivity contribution in [2.45, 2.75) is 13.0 Å². The smallest absolute Gasteiger partial charge is 0.169 e. The van der Waals surface area contributed by atoms with Crippen LogP contribution >= 0.6 is 27.5 Å². The lowest BCUT2D eigenvalue weighted by Crippen LogP contribution is -2.22. The Balaban J connectivity index is 2.44. The van der Waals surface area contributed by atoms with E-state index in [9.17, 15) is 4.39 Å². The van der Waals surface area contributed by atoms with Crippen LogP contribution in [-0.2, 0) is 0 Å². The fraction of sp³-hybridized carbons (Fsp3) is 0.231. The SMILES string of the molecule is CCNC(c1ccc(Br)o1)c1cc(F)ccc1Cl. The van der Waals surface area contributed by atoms with Gasteiger partial charge in [-0.2, -0.15) is 0 Å². The summed E-state index contributed by atoms with van der Waals surface area (Å²) in [6.07, 6.45) is 0. The summed E-state index contributed by atoms with van der Waals surface area (Å²) in [7, 11) is 0. The number of hydrogen-bond acceptors (Lipinski definition) is 2. The minimum absolute atomic E-state index is 0.260. The molecule has 0 radical (unpaired) electrons. The van der Waals surface area contributed by atoms with Crippen LogP contribution in [0.5, 0.6) is 0 Å².